The van der Waals surface area contributed by atoms with Crippen LogP contribution in [0.5, 0.6) is 0 Å². The van der Waals surface area contributed by atoms with Crippen LogP contribution in [0.25, 0.3) is 10.6 Å². The van der Waals surface area contributed by atoms with Crippen LogP contribution in [0.3, 0.4) is 0 Å². The number of nitrogens with zero attached hydrogens (tertiary/aromatic N) is 4. The molecule has 0 atom stereocenters. The molecule has 2 heterocycles. The van der Waals surface area contributed by atoms with Crippen molar-refractivity contribution < 1.29 is 4.79 Å². The van der Waals surface area contributed by atoms with Gasteiger partial charge in [-0.05, 0) is 12.1 Å². The second-order valence-electron chi connectivity index (χ2n) is 4.17. The summed E-state index contributed by atoms with van der Waals surface area (Å²) in [5.41, 5.74) is 6.47. The summed E-state index contributed by atoms with van der Waals surface area (Å²) >= 11 is 7.16. The van der Waals surface area contributed by atoms with Crippen molar-refractivity contribution in [2.75, 3.05) is 11.1 Å². The lowest BCUT2D eigenvalue weighted by atomic mass is 10.2. The first-order valence-electron chi connectivity index (χ1n) is 6.11. The van der Waals surface area contributed by atoms with Crippen LogP contribution in [-0.2, 0) is 0 Å². The van der Waals surface area contributed by atoms with Crippen molar-refractivity contribution in [2.24, 2.45) is 0 Å². The van der Waals surface area contributed by atoms with Gasteiger partial charge in [0.1, 0.15) is 5.01 Å². The highest BCUT2D eigenvalue weighted by Gasteiger charge is 2.15. The van der Waals surface area contributed by atoms with Gasteiger partial charge in [-0.2, -0.15) is 0 Å². The molecular formula is C13H9ClN6OS. The molecule has 0 spiro atoms. The molecule has 9 heteroatoms. The zero-order valence-electron chi connectivity index (χ0n) is 11.0. The van der Waals surface area contributed by atoms with Crippen LogP contribution in [0.15, 0.2) is 36.7 Å². The molecule has 0 saturated heterocycles. The van der Waals surface area contributed by atoms with Crippen molar-refractivity contribution in [1.29, 1.82) is 0 Å². The topological polar surface area (TPSA) is 107 Å². The molecule has 110 valence electrons. The number of nitrogen functional groups attached to an aromatic ring is 1. The van der Waals surface area contributed by atoms with Crippen LogP contribution in [0.2, 0.25) is 5.02 Å². The molecule has 3 rings (SSSR count). The molecule has 7 nitrogen and oxygen atoms in total. The Labute approximate surface area is 134 Å². The zero-order chi connectivity index (χ0) is 15.5. The van der Waals surface area contributed by atoms with Crippen molar-refractivity contribution >= 4 is 39.8 Å². The molecule has 22 heavy (non-hydrogen) atoms. The van der Waals surface area contributed by atoms with Crippen LogP contribution >= 0.6 is 22.9 Å². The minimum Gasteiger partial charge on any atom is -0.382 e. The molecule has 3 N–H and O–H groups in total. The molecule has 3 aromatic rings. The molecule has 0 fully saturated rings. The summed E-state index contributed by atoms with van der Waals surface area (Å²) in [6.45, 7) is 0. The van der Waals surface area contributed by atoms with E-state index in [1.807, 2.05) is 12.1 Å². The molecule has 0 bridgehead atoms. The highest BCUT2D eigenvalue weighted by Crippen LogP contribution is 2.28. The molecule has 0 unspecified atom stereocenters. The normalized spacial score (nSPS) is 10.4. The maximum atomic E-state index is 12.1. The molecule has 0 aliphatic rings. The first-order chi connectivity index (χ1) is 10.6. The lowest BCUT2D eigenvalue weighted by Crippen LogP contribution is -2.16. The number of halogens is 1. The number of hydrogen-bond acceptors (Lipinski definition) is 7. The number of amides is 1. The van der Waals surface area contributed by atoms with E-state index in [1.165, 1.54) is 23.7 Å². The standard InChI is InChI=1S/C13H9ClN6OS/c14-8-3-1-2-7(6-8)12-19-20-13(22-12)18-11(21)9-10(15)17-5-4-16-9/h1-6H,(H2,15,17)(H,18,20,21). The lowest BCUT2D eigenvalue weighted by Gasteiger charge is -2.01. The average molecular weight is 333 g/mol. The number of benzene rings is 1. The van der Waals surface area contributed by atoms with Crippen molar-refractivity contribution in [3.8, 4) is 10.6 Å². The predicted octanol–water partition coefficient (Wildman–Crippen LogP) is 2.48. The summed E-state index contributed by atoms with van der Waals surface area (Å²) in [4.78, 5) is 19.8. The van der Waals surface area contributed by atoms with E-state index in [9.17, 15) is 4.79 Å². The molecule has 0 aliphatic heterocycles. The SMILES string of the molecule is Nc1nccnc1C(=O)Nc1nnc(-c2cccc(Cl)c2)s1. The van der Waals surface area contributed by atoms with Crippen molar-refractivity contribution in [3.05, 3.63) is 47.4 Å². The molecule has 1 amide bonds. The number of anilines is 2. The Balaban J connectivity index is 1.80. The van der Waals surface area contributed by atoms with E-state index in [2.05, 4.69) is 25.5 Å². The first-order valence-corrected chi connectivity index (χ1v) is 7.30. The Kier molecular flexibility index (Phi) is 3.94. The zero-order valence-corrected chi connectivity index (χ0v) is 12.6. The van der Waals surface area contributed by atoms with Crippen molar-refractivity contribution in [3.63, 3.8) is 0 Å². The number of hydrogen-bond donors (Lipinski definition) is 2. The summed E-state index contributed by atoms with van der Waals surface area (Å²) < 4.78 is 0. The number of nitrogens with one attached hydrogen (secondary N) is 1. The summed E-state index contributed by atoms with van der Waals surface area (Å²) in [7, 11) is 0. The van der Waals surface area contributed by atoms with Crippen LogP contribution < -0.4 is 11.1 Å². The van der Waals surface area contributed by atoms with Crippen LogP contribution in [-0.4, -0.2) is 26.1 Å². The quantitative estimate of drug-likeness (QED) is 0.763. The van der Waals surface area contributed by atoms with Gasteiger partial charge in [-0.15, -0.1) is 10.2 Å². The fraction of sp³-hybridized carbons (Fsp3) is 0. The molecule has 0 saturated carbocycles. The molecule has 2 aromatic heterocycles. The summed E-state index contributed by atoms with van der Waals surface area (Å²) in [6, 6.07) is 7.22. The highest BCUT2D eigenvalue weighted by molar-refractivity contribution is 7.18. The summed E-state index contributed by atoms with van der Waals surface area (Å²) in [5.74, 6) is -0.432. The van der Waals surface area contributed by atoms with E-state index in [-0.39, 0.29) is 11.5 Å². The smallest absolute Gasteiger partial charge is 0.279 e. The van der Waals surface area contributed by atoms with Gasteiger partial charge >= 0.3 is 0 Å². The lowest BCUT2D eigenvalue weighted by molar-refractivity contribution is 0.102. The third-order valence-corrected chi connectivity index (χ3v) is 3.78. The predicted molar refractivity (Wildman–Crippen MR) is 84.8 cm³/mol. The Morgan fingerprint density at radius 2 is 2.05 bits per heavy atom. The van der Waals surface area contributed by atoms with E-state index in [0.717, 1.165) is 5.56 Å². The van der Waals surface area contributed by atoms with Crippen molar-refractivity contribution in [2.45, 2.75) is 0 Å². The van der Waals surface area contributed by atoms with Crippen LogP contribution in [0, 0.1) is 0 Å². The van der Waals surface area contributed by atoms with E-state index < -0.39 is 5.91 Å². The second kappa shape index (κ2) is 6.04. The van der Waals surface area contributed by atoms with Gasteiger partial charge in [0, 0.05) is 23.0 Å². The monoisotopic (exact) mass is 332 g/mol. The molecular weight excluding hydrogens is 324 g/mol. The number of carbonyl (C=O) groups excluding carboxylic acids is 1. The van der Waals surface area contributed by atoms with Gasteiger partial charge in [0.15, 0.2) is 11.5 Å². The van der Waals surface area contributed by atoms with Crippen molar-refractivity contribution in [1.82, 2.24) is 20.2 Å². The van der Waals surface area contributed by atoms with Gasteiger partial charge in [0.2, 0.25) is 5.13 Å². The van der Waals surface area contributed by atoms with Crippen LogP contribution in [0.4, 0.5) is 10.9 Å². The maximum absolute atomic E-state index is 12.1. The maximum Gasteiger partial charge on any atom is 0.279 e. The Morgan fingerprint density at radius 1 is 1.23 bits per heavy atom. The minimum absolute atomic E-state index is 0.0435. The van der Waals surface area contributed by atoms with E-state index in [4.69, 9.17) is 17.3 Å². The minimum atomic E-state index is -0.487. The Morgan fingerprint density at radius 3 is 2.82 bits per heavy atom. The van der Waals surface area contributed by atoms with Gasteiger partial charge in [0.25, 0.3) is 5.91 Å². The molecule has 1 aromatic carbocycles. The fourth-order valence-electron chi connectivity index (χ4n) is 1.69. The third kappa shape index (κ3) is 3.02. The Bertz CT molecular complexity index is 837. The number of nitrogens with two attached hydrogens (primary N) is 1. The van der Waals surface area contributed by atoms with Gasteiger partial charge in [-0.1, -0.05) is 35.1 Å². The Hall–Kier alpha value is -2.58. The highest BCUT2D eigenvalue weighted by atomic mass is 35.5. The van der Waals surface area contributed by atoms with E-state index >= 15 is 0 Å². The first kappa shape index (κ1) is 14.4. The van der Waals surface area contributed by atoms with Gasteiger partial charge in [-0.3, -0.25) is 10.1 Å². The fourth-order valence-corrected chi connectivity index (χ4v) is 2.62. The molecule has 0 aliphatic carbocycles. The van der Waals surface area contributed by atoms with Gasteiger partial charge in [-0.25, -0.2) is 9.97 Å². The number of aromatic nitrogens is 4. The second-order valence-corrected chi connectivity index (χ2v) is 5.58. The van der Waals surface area contributed by atoms with E-state index in [1.54, 1.807) is 12.1 Å². The average Bonchev–Trinajstić information content (AvgIpc) is 2.96. The summed E-state index contributed by atoms with van der Waals surface area (Å²) in [5, 5.41) is 12.1. The number of carbonyl (C=O) groups is 1. The van der Waals surface area contributed by atoms with Crippen LogP contribution in [0.1, 0.15) is 10.5 Å². The van der Waals surface area contributed by atoms with Gasteiger partial charge < -0.3 is 5.73 Å². The largest absolute Gasteiger partial charge is 0.382 e. The molecule has 0 radical (unpaired) electrons. The summed E-state index contributed by atoms with van der Waals surface area (Å²) in [6.07, 6.45) is 2.80. The third-order valence-electron chi connectivity index (χ3n) is 2.66. The van der Waals surface area contributed by atoms with Gasteiger partial charge in [0.05, 0.1) is 0 Å². The number of rotatable bonds is 3. The van der Waals surface area contributed by atoms with E-state index in [0.29, 0.717) is 15.2 Å².